The highest BCUT2D eigenvalue weighted by molar-refractivity contribution is 6.01. The summed E-state index contributed by atoms with van der Waals surface area (Å²) in [4.78, 5) is 19.0. The topological polar surface area (TPSA) is 56.7 Å². The summed E-state index contributed by atoms with van der Waals surface area (Å²) in [5, 5.41) is 6.46. The van der Waals surface area contributed by atoms with E-state index in [4.69, 9.17) is 0 Å². The lowest BCUT2D eigenvalue weighted by atomic mass is 10.0. The number of nitrogens with zero attached hydrogens (tertiary/aromatic N) is 2. The molecule has 5 heteroatoms. The highest BCUT2D eigenvalue weighted by atomic mass is 16.2. The third-order valence-corrected chi connectivity index (χ3v) is 4.25. The van der Waals surface area contributed by atoms with Gasteiger partial charge in [0.25, 0.3) is 5.91 Å². The van der Waals surface area contributed by atoms with Gasteiger partial charge in [-0.1, -0.05) is 18.2 Å². The minimum Gasteiger partial charge on any atom is -0.349 e. The molecule has 1 saturated heterocycles. The molecule has 0 aromatic carbocycles. The standard InChI is InChI=1S/C16H22N4O/c1-11-19-14-8-4-3-7-13(14)15(20(11)2)16(21)18-10-12-6-5-9-17-12/h3,7-8,12,17H,4-6,9-10H2,1-2H3,(H,18,21)/t12-/m1/s1. The first-order valence-corrected chi connectivity index (χ1v) is 7.59. The van der Waals surface area contributed by atoms with Crippen LogP contribution in [0.4, 0.5) is 0 Å². The van der Waals surface area contributed by atoms with Crippen LogP contribution in [0.1, 0.15) is 26.2 Å². The lowest BCUT2D eigenvalue weighted by Gasteiger charge is -2.29. The van der Waals surface area contributed by atoms with Crippen molar-refractivity contribution in [3.05, 3.63) is 35.2 Å². The van der Waals surface area contributed by atoms with Crippen LogP contribution in [0.15, 0.2) is 40.2 Å². The zero-order valence-electron chi connectivity index (χ0n) is 12.6. The average molecular weight is 286 g/mol. The minimum atomic E-state index is -0.0205. The molecule has 0 spiro atoms. The fraction of sp³-hybridized carbons (Fsp3) is 0.500. The Morgan fingerprint density at radius 3 is 3.19 bits per heavy atom. The molecule has 3 rings (SSSR count). The van der Waals surface area contributed by atoms with Gasteiger partial charge in [-0.25, -0.2) is 4.99 Å². The van der Waals surface area contributed by atoms with E-state index in [1.54, 1.807) is 0 Å². The maximum Gasteiger partial charge on any atom is 0.268 e. The Hall–Kier alpha value is -1.88. The van der Waals surface area contributed by atoms with E-state index in [-0.39, 0.29) is 5.91 Å². The average Bonchev–Trinajstić information content (AvgIpc) is 2.99. The second-order valence-electron chi connectivity index (χ2n) is 5.71. The van der Waals surface area contributed by atoms with Crippen molar-refractivity contribution in [3.8, 4) is 0 Å². The van der Waals surface area contributed by atoms with Crippen molar-refractivity contribution in [1.82, 2.24) is 15.5 Å². The van der Waals surface area contributed by atoms with E-state index in [1.807, 2.05) is 24.9 Å². The molecule has 21 heavy (non-hydrogen) atoms. The fourth-order valence-corrected chi connectivity index (χ4v) is 2.96. The molecule has 1 atom stereocenters. The molecular weight excluding hydrogens is 264 g/mol. The van der Waals surface area contributed by atoms with Gasteiger partial charge in [0, 0.05) is 25.2 Å². The monoisotopic (exact) mass is 286 g/mol. The summed E-state index contributed by atoms with van der Waals surface area (Å²) in [6.45, 7) is 3.67. The molecule has 2 heterocycles. The van der Waals surface area contributed by atoms with Crippen molar-refractivity contribution in [2.75, 3.05) is 20.1 Å². The lowest BCUT2D eigenvalue weighted by molar-refractivity contribution is -0.118. The lowest BCUT2D eigenvalue weighted by Crippen LogP contribution is -2.42. The first-order chi connectivity index (χ1) is 10.2. The maximum atomic E-state index is 12.6. The maximum absolute atomic E-state index is 12.6. The number of hydrogen-bond donors (Lipinski definition) is 2. The number of amides is 1. The molecule has 0 aromatic heterocycles. The number of carbonyl (C=O) groups excluding carboxylic acids is 1. The van der Waals surface area contributed by atoms with Gasteiger partial charge in [0.15, 0.2) is 0 Å². The summed E-state index contributed by atoms with van der Waals surface area (Å²) in [5.74, 6) is 0.831. The molecule has 2 aliphatic heterocycles. The molecule has 3 aliphatic rings. The summed E-state index contributed by atoms with van der Waals surface area (Å²) >= 11 is 0. The van der Waals surface area contributed by atoms with Gasteiger partial charge in [-0.05, 0) is 32.7 Å². The second-order valence-corrected chi connectivity index (χ2v) is 5.71. The van der Waals surface area contributed by atoms with E-state index in [0.717, 1.165) is 36.5 Å². The highest BCUT2D eigenvalue weighted by Crippen LogP contribution is 2.28. The van der Waals surface area contributed by atoms with Gasteiger partial charge in [0.2, 0.25) is 0 Å². The number of fused-ring (bicyclic) bond motifs is 1. The molecule has 1 amide bonds. The van der Waals surface area contributed by atoms with Gasteiger partial charge in [0.1, 0.15) is 11.5 Å². The molecule has 0 radical (unpaired) electrons. The number of amidine groups is 1. The zero-order chi connectivity index (χ0) is 14.8. The van der Waals surface area contributed by atoms with Crippen molar-refractivity contribution in [2.24, 2.45) is 4.99 Å². The Morgan fingerprint density at radius 2 is 2.43 bits per heavy atom. The summed E-state index contributed by atoms with van der Waals surface area (Å²) in [6.07, 6.45) is 9.33. The molecule has 1 aliphatic carbocycles. The Balaban J connectivity index is 1.78. The van der Waals surface area contributed by atoms with Crippen molar-refractivity contribution < 1.29 is 4.79 Å². The van der Waals surface area contributed by atoms with Gasteiger partial charge in [-0.3, -0.25) is 4.79 Å². The number of hydrogen-bond acceptors (Lipinski definition) is 4. The Labute approximate surface area is 125 Å². The molecule has 0 aromatic rings. The molecule has 112 valence electrons. The quantitative estimate of drug-likeness (QED) is 0.822. The van der Waals surface area contributed by atoms with Crippen LogP contribution in [0.5, 0.6) is 0 Å². The zero-order valence-corrected chi connectivity index (χ0v) is 12.6. The van der Waals surface area contributed by atoms with Crippen LogP contribution in [0.2, 0.25) is 0 Å². The number of carbonyl (C=O) groups is 1. The number of likely N-dealkylation sites (N-methyl/N-ethyl adjacent to an activating group) is 1. The largest absolute Gasteiger partial charge is 0.349 e. The van der Waals surface area contributed by atoms with Crippen LogP contribution in [0.3, 0.4) is 0 Å². The van der Waals surface area contributed by atoms with Gasteiger partial charge in [-0.2, -0.15) is 0 Å². The van der Waals surface area contributed by atoms with Gasteiger partial charge in [-0.15, -0.1) is 0 Å². The molecule has 5 nitrogen and oxygen atoms in total. The van der Waals surface area contributed by atoms with Gasteiger partial charge in [0.05, 0.1) is 5.70 Å². The van der Waals surface area contributed by atoms with Crippen LogP contribution >= 0.6 is 0 Å². The van der Waals surface area contributed by atoms with Crippen molar-refractivity contribution in [2.45, 2.75) is 32.2 Å². The SMILES string of the molecule is CC1=NC2=CCC=CC2=C(C(=O)NC[C@H]2CCCN2)N1C. The molecule has 0 bridgehead atoms. The van der Waals surface area contributed by atoms with E-state index in [9.17, 15) is 4.79 Å². The number of nitrogens with one attached hydrogen (secondary N) is 2. The first kappa shape index (κ1) is 14.1. The van der Waals surface area contributed by atoms with Crippen LogP contribution in [-0.4, -0.2) is 42.8 Å². The van der Waals surface area contributed by atoms with Gasteiger partial charge < -0.3 is 15.5 Å². The Morgan fingerprint density at radius 1 is 1.57 bits per heavy atom. The van der Waals surface area contributed by atoms with E-state index >= 15 is 0 Å². The molecule has 2 N–H and O–H groups in total. The molecule has 0 saturated carbocycles. The molecule has 1 fully saturated rings. The van der Waals surface area contributed by atoms with Crippen molar-refractivity contribution in [1.29, 1.82) is 0 Å². The van der Waals surface area contributed by atoms with Crippen LogP contribution in [0.25, 0.3) is 0 Å². The minimum absolute atomic E-state index is 0.0205. The van der Waals surface area contributed by atoms with Crippen LogP contribution in [-0.2, 0) is 4.79 Å². The summed E-state index contributed by atoms with van der Waals surface area (Å²) in [7, 11) is 1.90. The fourth-order valence-electron chi connectivity index (χ4n) is 2.96. The molecular formula is C16H22N4O. The van der Waals surface area contributed by atoms with Crippen LogP contribution < -0.4 is 10.6 Å². The smallest absolute Gasteiger partial charge is 0.268 e. The van der Waals surface area contributed by atoms with Crippen molar-refractivity contribution >= 4 is 11.7 Å². The highest BCUT2D eigenvalue weighted by Gasteiger charge is 2.27. The predicted octanol–water partition coefficient (Wildman–Crippen LogP) is 1.32. The summed E-state index contributed by atoms with van der Waals surface area (Å²) in [5.41, 5.74) is 2.53. The van der Waals surface area contributed by atoms with E-state index in [0.29, 0.717) is 18.3 Å². The predicted molar refractivity (Wildman–Crippen MR) is 83.8 cm³/mol. The third-order valence-electron chi connectivity index (χ3n) is 4.25. The van der Waals surface area contributed by atoms with Crippen LogP contribution in [0, 0.1) is 0 Å². The van der Waals surface area contributed by atoms with E-state index < -0.39 is 0 Å². The third kappa shape index (κ3) is 2.78. The number of aliphatic imine (C=N–C) groups is 1. The van der Waals surface area contributed by atoms with Gasteiger partial charge >= 0.3 is 0 Å². The van der Waals surface area contributed by atoms with E-state index in [1.165, 1.54) is 6.42 Å². The number of allylic oxidation sites excluding steroid dienone is 3. The normalized spacial score (nSPS) is 24.7. The van der Waals surface area contributed by atoms with E-state index in [2.05, 4.69) is 27.8 Å². The second kappa shape index (κ2) is 5.85. The molecule has 0 unspecified atom stereocenters. The summed E-state index contributed by atoms with van der Waals surface area (Å²) in [6, 6.07) is 0.403. The first-order valence-electron chi connectivity index (χ1n) is 7.59. The Kier molecular flexibility index (Phi) is 3.92. The van der Waals surface area contributed by atoms with Crippen molar-refractivity contribution in [3.63, 3.8) is 0 Å². The Bertz CT molecular complexity index is 565. The number of rotatable bonds is 3. The summed E-state index contributed by atoms with van der Waals surface area (Å²) < 4.78 is 0.